The quantitative estimate of drug-likeness (QED) is 0.554. The highest BCUT2D eigenvalue weighted by Crippen LogP contribution is 2.23. The molecule has 0 bridgehead atoms. The summed E-state index contributed by atoms with van der Waals surface area (Å²) < 4.78 is 58.9. The first kappa shape index (κ1) is 21.3. The second kappa shape index (κ2) is 8.54. The molecule has 0 amide bonds. The highest BCUT2D eigenvalue weighted by Gasteiger charge is 2.55. The van der Waals surface area contributed by atoms with Crippen molar-refractivity contribution in [2.45, 2.75) is 0 Å². The fourth-order valence-electron chi connectivity index (χ4n) is 4.22. The molecule has 0 N–H and O–H groups in total. The van der Waals surface area contributed by atoms with E-state index >= 15 is 0 Å². The topological polar surface area (TPSA) is 27.7 Å². The number of hydrogen-bond donors (Lipinski definition) is 0. The fourth-order valence-corrected chi connectivity index (χ4v) is 7.59. The maximum absolute atomic E-state index is 13.8. The number of rotatable bonds is 7. The zero-order valence-corrected chi connectivity index (χ0v) is 17.4. The van der Waals surface area contributed by atoms with Gasteiger partial charge in [0.25, 0.3) is 0 Å². The van der Waals surface area contributed by atoms with E-state index in [9.17, 15) is 13.2 Å². The predicted octanol–water partition coefficient (Wildman–Crippen LogP) is 2.53. The van der Waals surface area contributed by atoms with Crippen LogP contribution < -0.4 is 16.4 Å². The van der Waals surface area contributed by atoms with E-state index in [1.807, 2.05) is 0 Å². The molecule has 0 radical (unpaired) electrons. The van der Waals surface area contributed by atoms with Crippen LogP contribution in [-0.4, -0.2) is 35.7 Å². The lowest BCUT2D eigenvalue weighted by atomic mass is 9.34. The Balaban J connectivity index is 2.48. The van der Waals surface area contributed by atoms with Gasteiger partial charge in [-0.15, -0.1) is 0 Å². The SMILES string of the molecule is CO[Si](OC)(OC)[B-](c1ccc(F)cc1)(c1ccc(F)cc1)c1ccc(F)cc1. The van der Waals surface area contributed by atoms with Crippen LogP contribution in [0.3, 0.4) is 0 Å². The molecule has 0 heterocycles. The van der Waals surface area contributed by atoms with Gasteiger partial charge in [0, 0.05) is 21.3 Å². The zero-order valence-electron chi connectivity index (χ0n) is 16.4. The van der Waals surface area contributed by atoms with E-state index in [1.165, 1.54) is 57.7 Å². The van der Waals surface area contributed by atoms with Gasteiger partial charge >= 0.3 is 8.67 Å². The number of halogens is 3. The molecule has 0 aliphatic carbocycles. The fraction of sp³-hybridized carbons (Fsp3) is 0.143. The first-order valence-electron chi connectivity index (χ1n) is 9.02. The molecule has 29 heavy (non-hydrogen) atoms. The van der Waals surface area contributed by atoms with E-state index < -0.39 is 31.9 Å². The standard InChI is InChI=1S/C21H21BF3O3Si/c1-26-29(27-2,28-3)22(16-4-10-19(23)11-5-16,17-6-12-20(24)13-7-17)18-8-14-21(25)15-9-18/h4-15H,1-3H3/q-1. The Morgan fingerprint density at radius 2 is 0.759 bits per heavy atom. The lowest BCUT2D eigenvalue weighted by Crippen LogP contribution is -2.85. The van der Waals surface area contributed by atoms with Crippen molar-refractivity contribution in [1.29, 1.82) is 0 Å². The van der Waals surface area contributed by atoms with Gasteiger partial charge in [-0.25, -0.2) is 13.2 Å². The minimum absolute atomic E-state index is 0.406. The van der Waals surface area contributed by atoms with Crippen LogP contribution in [0.15, 0.2) is 72.8 Å². The molecule has 0 saturated heterocycles. The molecule has 0 spiro atoms. The first-order valence-corrected chi connectivity index (χ1v) is 10.8. The summed E-state index contributed by atoms with van der Waals surface area (Å²) in [6, 6.07) is 17.7. The summed E-state index contributed by atoms with van der Waals surface area (Å²) in [6.07, 6.45) is 0. The zero-order chi connectivity index (χ0) is 21.1. The van der Waals surface area contributed by atoms with E-state index in [0.717, 1.165) is 0 Å². The van der Waals surface area contributed by atoms with Crippen LogP contribution in [0.2, 0.25) is 0 Å². The highest BCUT2D eigenvalue weighted by molar-refractivity contribution is 7.51. The van der Waals surface area contributed by atoms with Crippen molar-refractivity contribution >= 4 is 30.8 Å². The average Bonchev–Trinajstić information content (AvgIpc) is 2.75. The summed E-state index contributed by atoms with van der Waals surface area (Å²) >= 11 is 0. The Hall–Kier alpha value is -2.39. The van der Waals surface area contributed by atoms with Crippen molar-refractivity contribution in [3.05, 3.63) is 90.2 Å². The molecule has 0 aliphatic heterocycles. The molecular weight excluding hydrogens is 396 g/mol. The third-order valence-corrected chi connectivity index (χ3v) is 9.26. The Morgan fingerprint density at radius 3 is 0.966 bits per heavy atom. The smallest absolute Gasteiger partial charge is 0.317 e. The Kier molecular flexibility index (Phi) is 6.28. The summed E-state index contributed by atoms with van der Waals surface area (Å²) in [7, 11) is 0.859. The van der Waals surface area contributed by atoms with Gasteiger partial charge in [-0.3, -0.25) is 0 Å². The Bertz CT molecular complexity index is 827. The number of benzene rings is 3. The second-order valence-corrected chi connectivity index (χ2v) is 10.0. The summed E-state index contributed by atoms with van der Waals surface area (Å²) in [6.45, 7) is 0. The monoisotopic (exact) mass is 417 g/mol. The van der Waals surface area contributed by atoms with Gasteiger partial charge in [0.15, 0.2) is 5.74 Å². The molecule has 152 valence electrons. The van der Waals surface area contributed by atoms with E-state index in [1.54, 1.807) is 36.4 Å². The number of hydrogen-bond acceptors (Lipinski definition) is 3. The Morgan fingerprint density at radius 1 is 0.517 bits per heavy atom. The molecule has 3 aromatic rings. The molecule has 0 atom stereocenters. The van der Waals surface area contributed by atoms with Crippen molar-refractivity contribution in [2.75, 3.05) is 21.3 Å². The maximum Gasteiger partial charge on any atom is 0.317 e. The molecule has 3 rings (SSSR count). The molecule has 0 fully saturated rings. The maximum atomic E-state index is 13.8. The third kappa shape index (κ3) is 3.53. The van der Waals surface area contributed by atoms with Crippen molar-refractivity contribution in [3.63, 3.8) is 0 Å². The van der Waals surface area contributed by atoms with E-state index in [0.29, 0.717) is 16.4 Å². The van der Waals surface area contributed by atoms with Crippen molar-refractivity contribution in [1.82, 2.24) is 0 Å². The van der Waals surface area contributed by atoms with E-state index in [-0.39, 0.29) is 0 Å². The van der Waals surface area contributed by atoms with Gasteiger partial charge in [0.05, 0.1) is 0 Å². The molecule has 0 aromatic heterocycles. The summed E-state index contributed by atoms with van der Waals surface area (Å²) in [5.41, 5.74) is -0.144. The van der Waals surface area contributed by atoms with Gasteiger partial charge in [-0.05, 0) is 36.4 Å². The van der Waals surface area contributed by atoms with Crippen LogP contribution in [0.5, 0.6) is 0 Å². The average molecular weight is 417 g/mol. The largest absolute Gasteiger partial charge is 0.401 e. The summed E-state index contributed by atoms with van der Waals surface area (Å²) in [5.74, 6) is -1.22. The van der Waals surface area contributed by atoms with Crippen LogP contribution in [0.25, 0.3) is 0 Å². The van der Waals surface area contributed by atoms with Gasteiger partial charge < -0.3 is 13.3 Å². The summed E-state index contributed by atoms with van der Waals surface area (Å²) in [4.78, 5) is 0. The molecule has 3 nitrogen and oxygen atoms in total. The predicted molar refractivity (Wildman–Crippen MR) is 111 cm³/mol. The second-order valence-electron chi connectivity index (χ2n) is 6.74. The van der Waals surface area contributed by atoms with Crippen molar-refractivity contribution in [2.24, 2.45) is 0 Å². The van der Waals surface area contributed by atoms with Gasteiger partial charge in [-0.2, -0.15) is 16.4 Å². The minimum atomic E-state index is -3.58. The van der Waals surface area contributed by atoms with Crippen molar-refractivity contribution in [3.8, 4) is 0 Å². The van der Waals surface area contributed by atoms with Crippen LogP contribution >= 0.6 is 0 Å². The molecule has 0 saturated carbocycles. The lowest BCUT2D eigenvalue weighted by Gasteiger charge is -2.52. The minimum Gasteiger partial charge on any atom is -0.401 e. The molecule has 0 aliphatic rings. The normalized spacial score (nSPS) is 12.2. The molecular formula is C21H21BF3O3Si-. The third-order valence-electron chi connectivity index (χ3n) is 5.49. The molecule has 0 unspecified atom stereocenters. The van der Waals surface area contributed by atoms with Crippen LogP contribution in [0.1, 0.15) is 0 Å². The van der Waals surface area contributed by atoms with Crippen molar-refractivity contribution < 1.29 is 26.4 Å². The van der Waals surface area contributed by atoms with Gasteiger partial charge in [0.1, 0.15) is 17.5 Å². The van der Waals surface area contributed by atoms with Crippen LogP contribution in [0.4, 0.5) is 13.2 Å². The van der Waals surface area contributed by atoms with Gasteiger partial charge in [0.2, 0.25) is 0 Å². The van der Waals surface area contributed by atoms with E-state index in [2.05, 4.69) is 0 Å². The highest BCUT2D eigenvalue weighted by atomic mass is 28.4. The van der Waals surface area contributed by atoms with Gasteiger partial charge in [-0.1, -0.05) is 36.4 Å². The van der Waals surface area contributed by atoms with E-state index in [4.69, 9.17) is 13.3 Å². The first-order chi connectivity index (χ1) is 13.9. The Labute approximate surface area is 169 Å². The molecule has 8 heteroatoms. The lowest BCUT2D eigenvalue weighted by molar-refractivity contribution is 0.147. The van der Waals surface area contributed by atoms with Crippen LogP contribution in [0, 0.1) is 17.5 Å². The molecule has 3 aromatic carbocycles. The van der Waals surface area contributed by atoms with Crippen LogP contribution in [-0.2, 0) is 13.3 Å². The summed E-state index contributed by atoms with van der Waals surface area (Å²) in [5, 5.41) is 0.